The van der Waals surface area contributed by atoms with Crippen molar-refractivity contribution in [1.29, 1.82) is 0 Å². The normalized spacial score (nSPS) is 10.8. The van der Waals surface area contributed by atoms with Crippen molar-refractivity contribution in [2.24, 2.45) is 0 Å². The van der Waals surface area contributed by atoms with Gasteiger partial charge in [0.05, 0.1) is 17.1 Å². The number of phenolic OH excluding ortho intramolecular Hbond substituents is 1. The molecule has 1 heterocycles. The first-order chi connectivity index (χ1) is 12.6. The zero-order valence-electron chi connectivity index (χ0n) is 14.8. The molecule has 0 bridgehead atoms. The molecule has 0 aliphatic carbocycles. The van der Waals surface area contributed by atoms with E-state index < -0.39 is 0 Å². The Morgan fingerprint density at radius 1 is 0.769 bits per heavy atom. The molecule has 4 aromatic rings. The van der Waals surface area contributed by atoms with Gasteiger partial charge in [-0.05, 0) is 56.3 Å². The molecule has 0 saturated heterocycles. The highest BCUT2D eigenvalue weighted by Crippen LogP contribution is 2.33. The molecule has 0 amide bonds. The molecule has 0 aliphatic heterocycles. The summed E-state index contributed by atoms with van der Waals surface area (Å²) in [4.78, 5) is 0. The molecule has 0 atom stereocenters. The van der Waals surface area contributed by atoms with Gasteiger partial charge in [0.25, 0.3) is 0 Å². The van der Waals surface area contributed by atoms with E-state index in [0.29, 0.717) is 0 Å². The van der Waals surface area contributed by atoms with Gasteiger partial charge in [-0.2, -0.15) is 5.10 Å². The van der Waals surface area contributed by atoms with E-state index in [2.05, 4.69) is 32.0 Å². The van der Waals surface area contributed by atoms with Crippen LogP contribution in [-0.2, 0) is 0 Å². The van der Waals surface area contributed by atoms with Crippen LogP contribution in [0.15, 0.2) is 78.9 Å². The summed E-state index contributed by atoms with van der Waals surface area (Å²) in [6.07, 6.45) is 0. The van der Waals surface area contributed by atoms with E-state index in [9.17, 15) is 5.11 Å². The van der Waals surface area contributed by atoms with Gasteiger partial charge in [0.1, 0.15) is 5.75 Å². The third-order valence-corrected chi connectivity index (χ3v) is 4.41. The summed E-state index contributed by atoms with van der Waals surface area (Å²) in [6.45, 7) is 4.20. The van der Waals surface area contributed by atoms with Crippen LogP contribution >= 0.6 is 0 Å². The average Bonchev–Trinajstić information content (AvgIpc) is 3.07. The SMILES string of the molecule is Cc1cc(C)cc(-c2cc(-c3ccccc3O)nn2-c2ccccc2)c1. The second-order valence-corrected chi connectivity index (χ2v) is 6.56. The van der Waals surface area contributed by atoms with Crippen LogP contribution < -0.4 is 0 Å². The topological polar surface area (TPSA) is 38.1 Å². The summed E-state index contributed by atoms with van der Waals surface area (Å²) in [7, 11) is 0. The molecule has 3 heteroatoms. The van der Waals surface area contributed by atoms with Crippen LogP contribution in [0.2, 0.25) is 0 Å². The monoisotopic (exact) mass is 340 g/mol. The molecule has 1 N–H and O–H groups in total. The van der Waals surface area contributed by atoms with Crippen LogP contribution in [0, 0.1) is 13.8 Å². The minimum atomic E-state index is 0.234. The lowest BCUT2D eigenvalue weighted by molar-refractivity contribution is 0.477. The molecule has 0 unspecified atom stereocenters. The molecule has 26 heavy (non-hydrogen) atoms. The first-order valence-electron chi connectivity index (χ1n) is 8.64. The summed E-state index contributed by atoms with van der Waals surface area (Å²) in [5, 5.41) is 15.0. The highest BCUT2D eigenvalue weighted by molar-refractivity contribution is 5.74. The van der Waals surface area contributed by atoms with Gasteiger partial charge >= 0.3 is 0 Å². The Bertz CT molecular complexity index is 1040. The fraction of sp³-hybridized carbons (Fsp3) is 0.0870. The molecule has 3 nitrogen and oxygen atoms in total. The molecular weight excluding hydrogens is 320 g/mol. The number of phenols is 1. The molecule has 4 rings (SSSR count). The van der Waals surface area contributed by atoms with Crippen LogP contribution in [0.25, 0.3) is 28.2 Å². The van der Waals surface area contributed by atoms with Crippen LogP contribution in [0.4, 0.5) is 0 Å². The lowest BCUT2D eigenvalue weighted by Crippen LogP contribution is -1.99. The number of hydrogen-bond acceptors (Lipinski definition) is 2. The number of hydrogen-bond donors (Lipinski definition) is 1. The third-order valence-electron chi connectivity index (χ3n) is 4.41. The maximum absolute atomic E-state index is 10.2. The number of para-hydroxylation sites is 2. The second-order valence-electron chi connectivity index (χ2n) is 6.56. The summed E-state index contributed by atoms with van der Waals surface area (Å²) in [5.74, 6) is 0.234. The van der Waals surface area contributed by atoms with Gasteiger partial charge in [-0.15, -0.1) is 0 Å². The third kappa shape index (κ3) is 3.00. The maximum Gasteiger partial charge on any atom is 0.125 e. The predicted molar refractivity (Wildman–Crippen MR) is 106 cm³/mol. The summed E-state index contributed by atoms with van der Waals surface area (Å²) in [5.41, 5.74) is 7.01. The van der Waals surface area contributed by atoms with E-state index in [-0.39, 0.29) is 5.75 Å². The summed E-state index contributed by atoms with van der Waals surface area (Å²) >= 11 is 0. The Kier molecular flexibility index (Phi) is 4.05. The van der Waals surface area contributed by atoms with Gasteiger partial charge in [-0.25, -0.2) is 4.68 Å². The summed E-state index contributed by atoms with van der Waals surface area (Å²) < 4.78 is 1.94. The maximum atomic E-state index is 10.2. The van der Waals surface area contributed by atoms with Crippen molar-refractivity contribution in [3.63, 3.8) is 0 Å². The molecule has 3 aromatic carbocycles. The molecule has 0 aliphatic rings. The van der Waals surface area contributed by atoms with Crippen molar-refractivity contribution in [3.05, 3.63) is 90.0 Å². The van der Waals surface area contributed by atoms with E-state index in [0.717, 1.165) is 28.2 Å². The van der Waals surface area contributed by atoms with Crippen molar-refractivity contribution in [1.82, 2.24) is 9.78 Å². The van der Waals surface area contributed by atoms with Gasteiger partial charge in [-0.1, -0.05) is 47.5 Å². The molecule has 1 aromatic heterocycles. The van der Waals surface area contributed by atoms with E-state index in [1.807, 2.05) is 59.3 Å². The largest absolute Gasteiger partial charge is 0.507 e. The van der Waals surface area contributed by atoms with E-state index in [4.69, 9.17) is 5.10 Å². The van der Waals surface area contributed by atoms with Gasteiger partial charge in [-0.3, -0.25) is 0 Å². The van der Waals surface area contributed by atoms with E-state index in [1.54, 1.807) is 6.07 Å². The van der Waals surface area contributed by atoms with Gasteiger partial charge in [0.15, 0.2) is 0 Å². The van der Waals surface area contributed by atoms with Gasteiger partial charge in [0, 0.05) is 11.1 Å². The first kappa shape index (κ1) is 16.2. The summed E-state index contributed by atoms with van der Waals surface area (Å²) in [6, 6.07) is 25.9. The molecule has 128 valence electrons. The Hall–Kier alpha value is -3.33. The number of benzene rings is 3. The lowest BCUT2D eigenvalue weighted by Gasteiger charge is -2.09. The number of aromatic nitrogens is 2. The Labute approximate surface area is 153 Å². The van der Waals surface area contributed by atoms with Crippen LogP contribution in [0.3, 0.4) is 0 Å². The van der Waals surface area contributed by atoms with Crippen molar-refractivity contribution in [3.8, 4) is 34.0 Å². The number of aromatic hydroxyl groups is 1. The minimum absolute atomic E-state index is 0.234. The highest BCUT2D eigenvalue weighted by atomic mass is 16.3. The van der Waals surface area contributed by atoms with Crippen molar-refractivity contribution < 1.29 is 5.11 Å². The average molecular weight is 340 g/mol. The standard InChI is InChI=1S/C23H20N2O/c1-16-12-17(2)14-18(13-16)22-15-21(20-10-6-7-11-23(20)26)24-25(22)19-8-4-3-5-9-19/h3-15,26H,1-2H3. The molecule has 0 radical (unpaired) electrons. The van der Waals surface area contributed by atoms with Crippen LogP contribution in [-0.4, -0.2) is 14.9 Å². The Morgan fingerprint density at radius 3 is 2.12 bits per heavy atom. The Balaban J connectivity index is 1.96. The predicted octanol–water partition coefficient (Wildman–Crippen LogP) is 5.53. The fourth-order valence-corrected chi connectivity index (χ4v) is 3.30. The first-order valence-corrected chi connectivity index (χ1v) is 8.64. The minimum Gasteiger partial charge on any atom is -0.507 e. The lowest BCUT2D eigenvalue weighted by atomic mass is 10.0. The molecular formula is C23H20N2O. The fourth-order valence-electron chi connectivity index (χ4n) is 3.30. The molecule has 0 saturated carbocycles. The van der Waals surface area contributed by atoms with E-state index in [1.165, 1.54) is 11.1 Å². The Morgan fingerprint density at radius 2 is 1.42 bits per heavy atom. The van der Waals surface area contributed by atoms with E-state index >= 15 is 0 Å². The smallest absolute Gasteiger partial charge is 0.125 e. The van der Waals surface area contributed by atoms with Gasteiger partial charge < -0.3 is 5.11 Å². The molecule has 0 spiro atoms. The number of rotatable bonds is 3. The van der Waals surface area contributed by atoms with Crippen molar-refractivity contribution in [2.45, 2.75) is 13.8 Å². The highest BCUT2D eigenvalue weighted by Gasteiger charge is 2.15. The molecule has 0 fully saturated rings. The van der Waals surface area contributed by atoms with Crippen LogP contribution in [0.5, 0.6) is 5.75 Å². The number of nitrogens with zero attached hydrogens (tertiary/aromatic N) is 2. The van der Waals surface area contributed by atoms with Crippen molar-refractivity contribution in [2.75, 3.05) is 0 Å². The number of aryl methyl sites for hydroxylation is 2. The second kappa shape index (κ2) is 6.52. The zero-order valence-corrected chi connectivity index (χ0v) is 14.8. The van der Waals surface area contributed by atoms with Crippen molar-refractivity contribution >= 4 is 0 Å². The van der Waals surface area contributed by atoms with Crippen LogP contribution in [0.1, 0.15) is 11.1 Å². The van der Waals surface area contributed by atoms with Gasteiger partial charge in [0.2, 0.25) is 0 Å². The zero-order chi connectivity index (χ0) is 18.1. The quantitative estimate of drug-likeness (QED) is 0.532.